The first-order valence-corrected chi connectivity index (χ1v) is 15.4. The van der Waals surface area contributed by atoms with Crippen LogP contribution in [0.4, 0.5) is 80.3 Å². The van der Waals surface area contributed by atoms with Crippen LogP contribution in [0.1, 0.15) is 34.3 Å². The molecular formula is C30H20F17N3O2S. The van der Waals surface area contributed by atoms with E-state index in [2.05, 4.69) is 10.3 Å². The fourth-order valence-electron chi connectivity index (χ4n) is 5.73. The number of amides is 2. The van der Waals surface area contributed by atoms with Crippen LogP contribution in [0.3, 0.4) is 0 Å². The Hall–Kier alpha value is -4.18. The van der Waals surface area contributed by atoms with Crippen molar-refractivity contribution in [3.8, 4) is 11.1 Å². The molecule has 2 amide bonds. The third-order valence-corrected chi connectivity index (χ3v) is 9.42. The predicted molar refractivity (Wildman–Crippen MR) is 151 cm³/mol. The maximum Gasteiger partial charge on any atom is 0.435 e. The van der Waals surface area contributed by atoms with Gasteiger partial charge in [0.05, 0.1) is 5.01 Å². The Bertz CT molecular complexity index is 1760. The molecule has 1 aliphatic heterocycles. The fourth-order valence-corrected chi connectivity index (χ4v) is 6.70. The van der Waals surface area contributed by atoms with Crippen LogP contribution in [0.2, 0.25) is 0 Å². The van der Waals surface area contributed by atoms with Gasteiger partial charge in [0.1, 0.15) is 5.69 Å². The number of carbonyl (C=O) groups excluding carboxylic acids is 2. The van der Waals surface area contributed by atoms with Crippen molar-refractivity contribution < 1.29 is 84.2 Å². The number of alkyl halides is 17. The Morgan fingerprint density at radius 3 is 1.66 bits per heavy atom. The van der Waals surface area contributed by atoms with Crippen molar-refractivity contribution in [3.63, 3.8) is 0 Å². The van der Waals surface area contributed by atoms with Crippen LogP contribution in [-0.2, 0) is 4.79 Å². The summed E-state index contributed by atoms with van der Waals surface area (Å²) in [4.78, 5) is 29.0. The molecule has 1 saturated heterocycles. The molecule has 23 heteroatoms. The van der Waals surface area contributed by atoms with E-state index in [1.165, 1.54) is 5.38 Å². The number of rotatable bonds is 8. The number of likely N-dealkylation sites (tertiary alicyclic amines) is 1. The van der Waals surface area contributed by atoms with E-state index < -0.39 is 96.2 Å². The normalized spacial score (nSPS) is 17.0. The van der Waals surface area contributed by atoms with Crippen molar-refractivity contribution in [2.45, 2.75) is 61.0 Å². The van der Waals surface area contributed by atoms with Gasteiger partial charge < -0.3 is 10.2 Å². The largest absolute Gasteiger partial charge is 0.435 e. The summed E-state index contributed by atoms with van der Waals surface area (Å²) in [6.07, 6.45) is -35.5. The van der Waals surface area contributed by atoms with Crippen molar-refractivity contribution in [1.29, 1.82) is 0 Å². The number of nitrogens with zero attached hydrogens (tertiary/aromatic N) is 2. The van der Waals surface area contributed by atoms with Gasteiger partial charge in [-0.2, -0.15) is 61.5 Å². The zero-order chi connectivity index (χ0) is 40.2. The van der Waals surface area contributed by atoms with Crippen LogP contribution in [0.5, 0.6) is 0 Å². The fraction of sp³-hybridized carbons (Fsp3) is 0.433. The Balaban J connectivity index is 1.58. The highest BCUT2D eigenvalue weighted by Gasteiger charge is 3.02. The number of hydrogen-bond acceptors (Lipinski definition) is 4. The molecule has 53 heavy (non-hydrogen) atoms. The van der Waals surface area contributed by atoms with E-state index in [-0.39, 0.29) is 10.7 Å². The summed E-state index contributed by atoms with van der Waals surface area (Å²) in [5, 5.41) is 3.89. The Morgan fingerprint density at radius 2 is 1.17 bits per heavy atom. The van der Waals surface area contributed by atoms with E-state index in [0.29, 0.717) is 11.3 Å². The number of halogens is 17. The lowest BCUT2D eigenvalue weighted by Crippen LogP contribution is -2.81. The standard InChI is InChI=1S/C30H20F17N3O2S/c31-23(32,25(33,30(45,46)47)26(34,35)24(27(36,37)38,28(39,40)41)29(42,43)44)22(52)50-12-10-16(11-13-50)21-49-19(14-53-21)20(51)48-18-9-5-4-8-17(18)15-6-2-1-3-7-15/h1-9,14,16H,10-13H2,(H,48,51). The highest BCUT2D eigenvalue weighted by atomic mass is 32.1. The first-order chi connectivity index (χ1) is 24.1. The molecule has 1 atom stereocenters. The molecule has 1 fully saturated rings. The molecule has 0 radical (unpaired) electrons. The lowest BCUT2D eigenvalue weighted by Gasteiger charge is -2.50. The summed E-state index contributed by atoms with van der Waals surface area (Å²) in [5.74, 6) is -22.4. The number of nitrogens with one attached hydrogen (secondary N) is 1. The topological polar surface area (TPSA) is 62.3 Å². The molecule has 1 aliphatic rings. The first kappa shape index (κ1) is 41.6. The van der Waals surface area contributed by atoms with Crippen LogP contribution in [0, 0.1) is 5.41 Å². The number of para-hydroxylation sites is 1. The van der Waals surface area contributed by atoms with Crippen LogP contribution >= 0.6 is 11.3 Å². The first-order valence-electron chi connectivity index (χ1n) is 14.5. The summed E-state index contributed by atoms with van der Waals surface area (Å²) < 4.78 is 236. The summed E-state index contributed by atoms with van der Waals surface area (Å²) in [7, 11) is 0. The van der Waals surface area contributed by atoms with Crippen LogP contribution in [-0.4, -0.2) is 77.0 Å². The van der Waals surface area contributed by atoms with E-state index in [0.717, 1.165) is 16.9 Å². The van der Waals surface area contributed by atoms with E-state index in [4.69, 9.17) is 0 Å². The Labute approximate surface area is 289 Å². The molecule has 3 aromatic rings. The van der Waals surface area contributed by atoms with Gasteiger partial charge in [-0.25, -0.2) is 18.2 Å². The second-order valence-corrected chi connectivity index (χ2v) is 12.4. The van der Waals surface area contributed by atoms with Gasteiger partial charge in [0.15, 0.2) is 0 Å². The lowest BCUT2D eigenvalue weighted by molar-refractivity contribution is -0.509. The number of carbonyl (C=O) groups is 2. The Kier molecular flexibility index (Phi) is 10.7. The monoisotopic (exact) mass is 809 g/mol. The second-order valence-electron chi connectivity index (χ2n) is 11.6. The third kappa shape index (κ3) is 6.66. The molecule has 1 aromatic heterocycles. The number of hydrogen-bond donors (Lipinski definition) is 1. The molecule has 1 N–H and O–H groups in total. The van der Waals surface area contributed by atoms with Crippen LogP contribution < -0.4 is 5.32 Å². The molecule has 4 rings (SSSR count). The molecule has 1 unspecified atom stereocenters. The number of aromatic nitrogens is 1. The van der Waals surface area contributed by atoms with Crippen molar-refractivity contribution in [2.75, 3.05) is 18.4 Å². The maximum atomic E-state index is 15.2. The molecule has 2 heterocycles. The molecule has 292 valence electrons. The van der Waals surface area contributed by atoms with Gasteiger partial charge in [-0.15, -0.1) is 11.3 Å². The maximum absolute atomic E-state index is 15.2. The van der Waals surface area contributed by atoms with Crippen molar-refractivity contribution in [2.24, 2.45) is 5.41 Å². The zero-order valence-corrected chi connectivity index (χ0v) is 26.5. The van der Waals surface area contributed by atoms with Gasteiger partial charge in [-0.1, -0.05) is 48.5 Å². The van der Waals surface area contributed by atoms with E-state index in [9.17, 15) is 71.1 Å². The lowest BCUT2D eigenvalue weighted by atomic mass is 9.68. The van der Waals surface area contributed by atoms with Crippen molar-refractivity contribution in [1.82, 2.24) is 9.88 Å². The molecular weight excluding hydrogens is 789 g/mol. The number of piperidine rings is 1. The summed E-state index contributed by atoms with van der Waals surface area (Å²) in [6.45, 7) is -2.49. The number of benzene rings is 2. The number of thiazole rings is 1. The molecule has 0 bridgehead atoms. The third-order valence-electron chi connectivity index (χ3n) is 8.42. The average Bonchev–Trinajstić information content (AvgIpc) is 3.53. The molecule has 0 spiro atoms. The molecule has 0 aliphatic carbocycles. The second kappa shape index (κ2) is 13.6. The van der Waals surface area contributed by atoms with Crippen LogP contribution in [0.25, 0.3) is 11.1 Å². The zero-order valence-electron chi connectivity index (χ0n) is 25.7. The van der Waals surface area contributed by atoms with Gasteiger partial charge in [-0.05, 0) is 24.5 Å². The number of anilines is 1. The van der Waals surface area contributed by atoms with Gasteiger partial charge in [-0.3, -0.25) is 9.59 Å². The summed E-state index contributed by atoms with van der Waals surface area (Å²) >= 11 is 0.780. The van der Waals surface area contributed by atoms with Crippen LogP contribution in [0.15, 0.2) is 60.0 Å². The quantitative estimate of drug-likeness (QED) is 0.231. The summed E-state index contributed by atoms with van der Waals surface area (Å²) in [5.41, 5.74) is -16.4. The predicted octanol–water partition coefficient (Wildman–Crippen LogP) is 9.98. The van der Waals surface area contributed by atoms with E-state index >= 15 is 13.2 Å². The minimum Gasteiger partial charge on any atom is -0.337 e. The average molecular weight is 810 g/mol. The minimum atomic E-state index is -9.20. The highest BCUT2D eigenvalue weighted by molar-refractivity contribution is 7.10. The van der Waals surface area contributed by atoms with Gasteiger partial charge in [0.25, 0.3) is 11.8 Å². The van der Waals surface area contributed by atoms with Crippen molar-refractivity contribution >= 4 is 28.8 Å². The summed E-state index contributed by atoms with van der Waals surface area (Å²) in [6, 6.07) is 15.3. The molecule has 0 saturated carbocycles. The van der Waals surface area contributed by atoms with Crippen molar-refractivity contribution in [3.05, 3.63) is 70.7 Å². The smallest absolute Gasteiger partial charge is 0.337 e. The van der Waals surface area contributed by atoms with Gasteiger partial charge >= 0.3 is 47.6 Å². The SMILES string of the molecule is O=C(Nc1ccccc1-c1ccccc1)c1csc(C2CCN(C(=O)C(F)(F)C(F)(C(F)(F)F)C(F)(F)C(C(F)(F)F)(C(F)(F)F)C(F)(F)F)CC2)n1. The highest BCUT2D eigenvalue weighted by Crippen LogP contribution is 2.72. The van der Waals surface area contributed by atoms with E-state index in [1.54, 1.807) is 54.6 Å². The van der Waals surface area contributed by atoms with Gasteiger partial charge in [0, 0.05) is 35.6 Å². The Morgan fingerprint density at radius 1 is 0.679 bits per heavy atom. The molecule has 5 nitrogen and oxygen atoms in total. The molecule has 2 aromatic carbocycles. The minimum absolute atomic E-state index is 0.0392. The van der Waals surface area contributed by atoms with E-state index in [1.807, 2.05) is 0 Å². The van der Waals surface area contributed by atoms with Gasteiger partial charge in [0.2, 0.25) is 0 Å².